The number of hydrogen-bond acceptors (Lipinski definition) is 9. The lowest BCUT2D eigenvalue weighted by atomic mass is 10.0. The topological polar surface area (TPSA) is 251 Å². The minimum Gasteiger partial charge on any atom is -0.481 e. The first kappa shape index (κ1) is 45.2. The SMILES string of the molecule is CC(C)(C)OC(=O)N[C@@H](Cc1c[nH]c2ccccc12)C(=O)N[C@@H](CCCCNC(=O)/C=C/c1cccs1)C(=O)N[C@@H](CC(=O)O)C(=O)N[C@@H](Cc1ccccc1)C(N)=O. The molecule has 4 aromatic rings. The van der Waals surface area contributed by atoms with Gasteiger partial charge in [-0.05, 0) is 74.7 Å². The number of aromatic amines is 1. The average Bonchev–Trinajstić information content (AvgIpc) is 3.85. The van der Waals surface area contributed by atoms with Crippen molar-refractivity contribution in [1.29, 1.82) is 0 Å². The molecule has 0 aliphatic carbocycles. The Morgan fingerprint density at radius 3 is 2.14 bits per heavy atom. The molecule has 0 aliphatic rings. The van der Waals surface area contributed by atoms with Gasteiger partial charge in [-0.3, -0.25) is 28.8 Å². The number of alkyl carbamates (subject to hydrolysis) is 1. The molecule has 4 rings (SSSR count). The number of benzene rings is 2. The first-order chi connectivity index (χ1) is 28.1. The number of fused-ring (bicyclic) bond motifs is 1. The number of rotatable bonds is 21. The molecule has 4 atom stereocenters. The summed E-state index contributed by atoms with van der Waals surface area (Å²) in [6, 6.07) is 14.3. The van der Waals surface area contributed by atoms with Gasteiger partial charge in [0.2, 0.25) is 29.5 Å². The molecule has 9 N–H and O–H groups in total. The predicted molar refractivity (Wildman–Crippen MR) is 223 cm³/mol. The molecule has 0 unspecified atom stereocenters. The predicted octanol–water partition coefficient (Wildman–Crippen LogP) is 3.32. The van der Waals surface area contributed by atoms with Gasteiger partial charge in [0, 0.05) is 47.4 Å². The number of carboxylic acids is 1. The Bertz CT molecular complexity index is 2100. The van der Waals surface area contributed by atoms with Crippen molar-refractivity contribution in [2.75, 3.05) is 6.54 Å². The molecule has 16 nitrogen and oxygen atoms in total. The summed E-state index contributed by atoms with van der Waals surface area (Å²) in [5.74, 6) is -5.26. The van der Waals surface area contributed by atoms with Gasteiger partial charge in [0.05, 0.1) is 6.42 Å². The van der Waals surface area contributed by atoms with E-state index >= 15 is 0 Å². The second-order valence-corrected chi connectivity index (χ2v) is 15.8. The number of para-hydroxylation sites is 1. The van der Waals surface area contributed by atoms with Crippen molar-refractivity contribution in [2.45, 2.75) is 89.1 Å². The Morgan fingerprint density at radius 2 is 1.46 bits per heavy atom. The lowest BCUT2D eigenvalue weighted by Crippen LogP contribution is -2.59. The zero-order valence-electron chi connectivity index (χ0n) is 33.1. The number of carboxylic acid groups (broad SMARTS) is 1. The Balaban J connectivity index is 1.53. The summed E-state index contributed by atoms with van der Waals surface area (Å²) in [6.45, 7) is 5.24. The van der Waals surface area contributed by atoms with E-state index < -0.39 is 71.9 Å². The summed E-state index contributed by atoms with van der Waals surface area (Å²) >= 11 is 1.48. The highest BCUT2D eigenvalue weighted by molar-refractivity contribution is 7.10. The van der Waals surface area contributed by atoms with Gasteiger partial charge in [-0.2, -0.15) is 0 Å². The molecular formula is C42H51N7O9S. The van der Waals surface area contributed by atoms with Crippen LogP contribution in [0.15, 0.2) is 84.4 Å². The van der Waals surface area contributed by atoms with E-state index in [-0.39, 0.29) is 38.1 Å². The van der Waals surface area contributed by atoms with E-state index in [0.29, 0.717) is 17.5 Å². The van der Waals surface area contributed by atoms with E-state index in [9.17, 15) is 38.7 Å². The van der Waals surface area contributed by atoms with Crippen molar-refractivity contribution in [3.05, 3.63) is 100 Å². The Morgan fingerprint density at radius 1 is 0.797 bits per heavy atom. The lowest BCUT2D eigenvalue weighted by Gasteiger charge is -2.26. The van der Waals surface area contributed by atoms with Crippen LogP contribution in [0.2, 0.25) is 0 Å². The molecule has 0 radical (unpaired) electrons. The van der Waals surface area contributed by atoms with Gasteiger partial charge in [-0.1, -0.05) is 54.6 Å². The van der Waals surface area contributed by atoms with Crippen LogP contribution in [0.5, 0.6) is 0 Å². The quantitative estimate of drug-likeness (QED) is 0.0453. The molecule has 59 heavy (non-hydrogen) atoms. The van der Waals surface area contributed by atoms with Crippen LogP contribution in [0.1, 0.15) is 62.5 Å². The normalized spacial score (nSPS) is 13.4. The van der Waals surface area contributed by atoms with Crippen molar-refractivity contribution in [3.8, 4) is 0 Å². The van der Waals surface area contributed by atoms with Crippen LogP contribution in [-0.4, -0.2) is 88.0 Å². The number of ether oxygens (including phenoxy) is 1. The smallest absolute Gasteiger partial charge is 0.408 e. The van der Waals surface area contributed by atoms with Crippen LogP contribution in [0.4, 0.5) is 4.79 Å². The molecule has 0 saturated carbocycles. The monoisotopic (exact) mass is 829 g/mol. The maximum absolute atomic E-state index is 14.1. The number of aliphatic carboxylic acids is 1. The number of unbranched alkanes of at least 4 members (excludes halogenated alkanes) is 1. The second kappa shape index (κ2) is 21.9. The molecule has 2 aromatic carbocycles. The summed E-state index contributed by atoms with van der Waals surface area (Å²) in [5.41, 5.74) is 6.86. The van der Waals surface area contributed by atoms with Gasteiger partial charge >= 0.3 is 12.1 Å². The van der Waals surface area contributed by atoms with Crippen LogP contribution in [0.3, 0.4) is 0 Å². The van der Waals surface area contributed by atoms with Crippen LogP contribution in [0, 0.1) is 0 Å². The second-order valence-electron chi connectivity index (χ2n) is 14.8. The molecule has 314 valence electrons. The van der Waals surface area contributed by atoms with Crippen molar-refractivity contribution in [2.24, 2.45) is 5.73 Å². The Labute approximate surface area is 345 Å². The summed E-state index contributed by atoms with van der Waals surface area (Å²) in [7, 11) is 0. The third kappa shape index (κ3) is 15.4. The molecule has 0 aliphatic heterocycles. The maximum Gasteiger partial charge on any atom is 0.408 e. The van der Waals surface area contributed by atoms with Crippen LogP contribution in [-0.2, 0) is 46.3 Å². The first-order valence-corrected chi connectivity index (χ1v) is 20.0. The molecule has 2 aromatic heterocycles. The van der Waals surface area contributed by atoms with E-state index in [1.165, 1.54) is 17.4 Å². The molecule has 6 amide bonds. The van der Waals surface area contributed by atoms with E-state index in [4.69, 9.17) is 10.5 Å². The molecule has 0 saturated heterocycles. The van der Waals surface area contributed by atoms with E-state index in [0.717, 1.165) is 15.8 Å². The number of hydrogen-bond donors (Lipinski definition) is 8. The highest BCUT2D eigenvalue weighted by Gasteiger charge is 2.33. The third-order valence-electron chi connectivity index (χ3n) is 8.85. The number of aromatic nitrogens is 1. The standard InChI is InChI=1S/C42H51N7O9S/c1-42(2,3)58-41(57)49-33(23-27-25-45-30-16-8-7-15-29(27)30)39(55)46-31(17-9-10-20-44-35(50)19-18-28-14-11-21-59-28)38(54)48-34(24-36(51)52)40(56)47-32(37(43)53)22-26-12-5-4-6-13-26/h4-8,11-16,18-19,21,25,31-34,45H,9-10,17,20,22-24H2,1-3H3,(H2,43,53)(H,44,50)(H,46,55)(H,47,56)(H,48,54)(H,49,57)(H,51,52)/b19-18+/t31-,32-,33-,34-/m0/s1. The van der Waals surface area contributed by atoms with Crippen LogP contribution < -0.4 is 32.3 Å². The highest BCUT2D eigenvalue weighted by atomic mass is 32.1. The molecule has 0 fully saturated rings. The van der Waals surface area contributed by atoms with Gasteiger partial charge in [0.1, 0.15) is 29.8 Å². The number of carbonyl (C=O) groups excluding carboxylic acids is 6. The number of carbonyl (C=O) groups is 7. The first-order valence-electron chi connectivity index (χ1n) is 19.1. The molecule has 17 heteroatoms. The zero-order valence-corrected chi connectivity index (χ0v) is 33.9. The summed E-state index contributed by atoms with van der Waals surface area (Å²) in [6.07, 6.45) is 3.73. The number of thiophene rings is 1. The van der Waals surface area contributed by atoms with Gasteiger partial charge in [-0.25, -0.2) is 4.79 Å². The van der Waals surface area contributed by atoms with E-state index in [1.54, 1.807) is 63.4 Å². The van der Waals surface area contributed by atoms with Gasteiger partial charge in [0.25, 0.3) is 0 Å². The third-order valence-corrected chi connectivity index (χ3v) is 9.69. The van der Waals surface area contributed by atoms with Crippen molar-refractivity contribution in [3.63, 3.8) is 0 Å². The number of nitrogens with one attached hydrogen (secondary N) is 6. The summed E-state index contributed by atoms with van der Waals surface area (Å²) in [5, 5.41) is 25.4. The average molecular weight is 830 g/mol. The molecule has 0 spiro atoms. The minimum atomic E-state index is -1.67. The summed E-state index contributed by atoms with van der Waals surface area (Å²) < 4.78 is 5.44. The van der Waals surface area contributed by atoms with Gasteiger partial charge < -0.3 is 47.1 Å². The van der Waals surface area contributed by atoms with Crippen molar-refractivity contribution in [1.82, 2.24) is 31.6 Å². The highest BCUT2D eigenvalue weighted by Crippen LogP contribution is 2.20. The fourth-order valence-electron chi connectivity index (χ4n) is 6.01. The largest absolute Gasteiger partial charge is 0.481 e. The number of primary amides is 1. The maximum atomic E-state index is 14.1. The zero-order chi connectivity index (χ0) is 43.0. The Kier molecular flexibility index (Phi) is 16.8. The number of amides is 6. The fourth-order valence-corrected chi connectivity index (χ4v) is 6.63. The van der Waals surface area contributed by atoms with Crippen molar-refractivity contribution >= 4 is 69.9 Å². The van der Waals surface area contributed by atoms with E-state index in [2.05, 4.69) is 31.6 Å². The summed E-state index contributed by atoms with van der Waals surface area (Å²) in [4.78, 5) is 95.2. The van der Waals surface area contributed by atoms with Crippen LogP contribution >= 0.6 is 11.3 Å². The van der Waals surface area contributed by atoms with Gasteiger partial charge in [0.15, 0.2) is 0 Å². The molecular weight excluding hydrogens is 779 g/mol. The van der Waals surface area contributed by atoms with Crippen molar-refractivity contribution < 1.29 is 43.4 Å². The fraction of sp³-hybridized carbons (Fsp3) is 0.357. The van der Waals surface area contributed by atoms with E-state index in [1.807, 2.05) is 41.8 Å². The minimum absolute atomic E-state index is 0.00554. The number of nitrogens with two attached hydrogens (primary N) is 1. The Hall–Kier alpha value is -6.49. The number of H-pyrrole nitrogens is 1. The van der Waals surface area contributed by atoms with Crippen LogP contribution in [0.25, 0.3) is 17.0 Å². The van der Waals surface area contributed by atoms with Gasteiger partial charge in [-0.15, -0.1) is 11.3 Å². The lowest BCUT2D eigenvalue weighted by molar-refractivity contribution is -0.141. The molecule has 0 bridgehead atoms. The molecule has 2 heterocycles.